The fraction of sp³-hybridized carbons (Fsp3) is 0.333. The molecule has 1 unspecified atom stereocenters. The highest BCUT2D eigenvalue weighted by atomic mass is 16.5. The minimum absolute atomic E-state index is 0.101. The van der Waals surface area contributed by atoms with Crippen molar-refractivity contribution in [3.8, 4) is 5.75 Å². The molecule has 2 N–H and O–H groups in total. The number of ether oxygens (including phenoxy) is 1. The van der Waals surface area contributed by atoms with Gasteiger partial charge in [0, 0.05) is 11.6 Å². The maximum absolute atomic E-state index is 11.7. The van der Waals surface area contributed by atoms with Crippen LogP contribution in [0.5, 0.6) is 5.75 Å². The number of amides is 1. The van der Waals surface area contributed by atoms with E-state index in [1.54, 1.807) is 31.2 Å². The number of carboxylic acids is 1. The molecule has 0 radical (unpaired) electrons. The zero-order valence-corrected chi connectivity index (χ0v) is 9.77. The largest absolute Gasteiger partial charge is 0.497 e. The molecule has 1 amide bonds. The standard InChI is InChI=1S/C12H15NO4/c1-8(6-11(14)15)13-12(16)9-4-3-5-10(7-9)17-2/h3-5,7-8H,6H2,1-2H3,(H,13,16)(H,14,15). The van der Waals surface area contributed by atoms with Crippen LogP contribution in [0.15, 0.2) is 24.3 Å². The third-order valence-electron chi connectivity index (χ3n) is 2.19. The zero-order valence-electron chi connectivity index (χ0n) is 9.77. The highest BCUT2D eigenvalue weighted by Gasteiger charge is 2.12. The Hall–Kier alpha value is -2.04. The molecular weight excluding hydrogens is 222 g/mol. The summed E-state index contributed by atoms with van der Waals surface area (Å²) in [4.78, 5) is 22.2. The summed E-state index contributed by atoms with van der Waals surface area (Å²) in [5.74, 6) is -0.662. The lowest BCUT2D eigenvalue weighted by Gasteiger charge is -2.11. The molecule has 0 aliphatic rings. The van der Waals surface area contributed by atoms with E-state index in [0.29, 0.717) is 11.3 Å². The van der Waals surface area contributed by atoms with Gasteiger partial charge in [0.15, 0.2) is 0 Å². The van der Waals surface area contributed by atoms with Crippen LogP contribution in [-0.2, 0) is 4.79 Å². The maximum atomic E-state index is 11.7. The Labute approximate surface area is 99.4 Å². The minimum Gasteiger partial charge on any atom is -0.497 e. The molecule has 0 saturated heterocycles. The van der Waals surface area contributed by atoms with E-state index in [1.165, 1.54) is 7.11 Å². The number of benzene rings is 1. The van der Waals surface area contributed by atoms with Crippen molar-refractivity contribution in [2.45, 2.75) is 19.4 Å². The van der Waals surface area contributed by atoms with Crippen LogP contribution in [0.4, 0.5) is 0 Å². The minimum atomic E-state index is -0.941. The Balaban J connectivity index is 2.66. The van der Waals surface area contributed by atoms with E-state index in [0.717, 1.165) is 0 Å². The number of methoxy groups -OCH3 is 1. The van der Waals surface area contributed by atoms with Crippen LogP contribution in [0.25, 0.3) is 0 Å². The fourth-order valence-electron chi connectivity index (χ4n) is 1.38. The molecule has 1 rings (SSSR count). The highest BCUT2D eigenvalue weighted by molar-refractivity contribution is 5.94. The summed E-state index contributed by atoms with van der Waals surface area (Å²) in [6, 6.07) is 6.27. The second kappa shape index (κ2) is 5.89. The average molecular weight is 237 g/mol. The molecule has 1 aromatic carbocycles. The number of aliphatic carboxylic acids is 1. The van der Waals surface area contributed by atoms with Crippen molar-refractivity contribution in [3.63, 3.8) is 0 Å². The smallest absolute Gasteiger partial charge is 0.305 e. The molecule has 92 valence electrons. The van der Waals surface area contributed by atoms with Gasteiger partial charge in [-0.05, 0) is 25.1 Å². The number of carbonyl (C=O) groups excluding carboxylic acids is 1. The molecule has 0 saturated carbocycles. The number of carboxylic acid groups (broad SMARTS) is 1. The van der Waals surface area contributed by atoms with E-state index in [-0.39, 0.29) is 12.3 Å². The zero-order chi connectivity index (χ0) is 12.8. The van der Waals surface area contributed by atoms with Crippen LogP contribution in [0.2, 0.25) is 0 Å². The molecule has 0 aromatic heterocycles. The molecule has 1 aromatic rings. The quantitative estimate of drug-likeness (QED) is 0.809. The molecule has 0 fully saturated rings. The number of nitrogens with one attached hydrogen (secondary N) is 1. The first kappa shape index (κ1) is 13.0. The molecule has 0 spiro atoms. The van der Waals surface area contributed by atoms with E-state index < -0.39 is 12.0 Å². The third-order valence-corrected chi connectivity index (χ3v) is 2.19. The molecular formula is C12H15NO4. The van der Waals surface area contributed by atoms with Gasteiger partial charge in [-0.2, -0.15) is 0 Å². The van der Waals surface area contributed by atoms with Gasteiger partial charge in [-0.15, -0.1) is 0 Å². The normalized spacial score (nSPS) is 11.6. The van der Waals surface area contributed by atoms with Gasteiger partial charge in [-0.25, -0.2) is 0 Å². The monoisotopic (exact) mass is 237 g/mol. The van der Waals surface area contributed by atoms with Crippen LogP contribution >= 0.6 is 0 Å². The van der Waals surface area contributed by atoms with Crippen molar-refractivity contribution < 1.29 is 19.4 Å². The number of carbonyl (C=O) groups is 2. The summed E-state index contributed by atoms with van der Waals surface area (Å²) in [5, 5.41) is 11.2. The Morgan fingerprint density at radius 2 is 2.18 bits per heavy atom. The van der Waals surface area contributed by atoms with Crippen molar-refractivity contribution in [3.05, 3.63) is 29.8 Å². The predicted molar refractivity (Wildman–Crippen MR) is 62.2 cm³/mol. The van der Waals surface area contributed by atoms with E-state index in [4.69, 9.17) is 9.84 Å². The molecule has 5 heteroatoms. The summed E-state index contributed by atoms with van der Waals surface area (Å²) in [7, 11) is 1.52. The molecule has 17 heavy (non-hydrogen) atoms. The molecule has 0 bridgehead atoms. The van der Waals surface area contributed by atoms with Crippen LogP contribution in [0.3, 0.4) is 0 Å². The van der Waals surface area contributed by atoms with Crippen molar-refractivity contribution in [1.82, 2.24) is 5.32 Å². The number of hydrogen-bond donors (Lipinski definition) is 2. The van der Waals surface area contributed by atoms with Crippen molar-refractivity contribution >= 4 is 11.9 Å². The van der Waals surface area contributed by atoms with Crippen LogP contribution in [-0.4, -0.2) is 30.1 Å². The fourth-order valence-corrected chi connectivity index (χ4v) is 1.38. The summed E-state index contributed by atoms with van der Waals surface area (Å²) in [6.45, 7) is 1.65. The summed E-state index contributed by atoms with van der Waals surface area (Å²) in [6.07, 6.45) is -0.101. The first-order valence-corrected chi connectivity index (χ1v) is 5.19. The average Bonchev–Trinajstić information content (AvgIpc) is 2.27. The molecule has 0 heterocycles. The molecule has 0 aliphatic heterocycles. The van der Waals surface area contributed by atoms with Crippen molar-refractivity contribution in [1.29, 1.82) is 0 Å². The lowest BCUT2D eigenvalue weighted by molar-refractivity contribution is -0.137. The number of rotatable bonds is 5. The van der Waals surface area contributed by atoms with E-state index in [1.807, 2.05) is 0 Å². The SMILES string of the molecule is COc1cccc(C(=O)NC(C)CC(=O)O)c1. The highest BCUT2D eigenvalue weighted by Crippen LogP contribution is 2.12. The number of hydrogen-bond acceptors (Lipinski definition) is 3. The third kappa shape index (κ3) is 4.14. The van der Waals surface area contributed by atoms with E-state index in [2.05, 4.69) is 5.32 Å². The lowest BCUT2D eigenvalue weighted by Crippen LogP contribution is -2.34. The maximum Gasteiger partial charge on any atom is 0.305 e. The van der Waals surface area contributed by atoms with Gasteiger partial charge in [0.1, 0.15) is 5.75 Å². The summed E-state index contributed by atoms with van der Waals surface area (Å²) < 4.78 is 5.00. The van der Waals surface area contributed by atoms with Gasteiger partial charge >= 0.3 is 5.97 Å². The molecule has 0 aliphatic carbocycles. The van der Waals surface area contributed by atoms with Gasteiger partial charge in [-0.1, -0.05) is 6.07 Å². The first-order chi connectivity index (χ1) is 8.02. The first-order valence-electron chi connectivity index (χ1n) is 5.19. The second-order valence-corrected chi connectivity index (χ2v) is 3.70. The van der Waals surface area contributed by atoms with Gasteiger partial charge in [0.25, 0.3) is 5.91 Å². The second-order valence-electron chi connectivity index (χ2n) is 3.70. The van der Waals surface area contributed by atoms with Gasteiger partial charge in [0.2, 0.25) is 0 Å². The predicted octanol–water partition coefficient (Wildman–Crippen LogP) is 1.29. The Morgan fingerprint density at radius 3 is 2.76 bits per heavy atom. The van der Waals surface area contributed by atoms with Gasteiger partial charge in [0.05, 0.1) is 13.5 Å². The van der Waals surface area contributed by atoms with E-state index in [9.17, 15) is 9.59 Å². The van der Waals surface area contributed by atoms with Crippen LogP contribution in [0, 0.1) is 0 Å². The van der Waals surface area contributed by atoms with Crippen molar-refractivity contribution in [2.24, 2.45) is 0 Å². The van der Waals surface area contributed by atoms with Gasteiger partial charge in [-0.3, -0.25) is 9.59 Å². The van der Waals surface area contributed by atoms with Crippen LogP contribution < -0.4 is 10.1 Å². The van der Waals surface area contributed by atoms with Crippen molar-refractivity contribution in [2.75, 3.05) is 7.11 Å². The topological polar surface area (TPSA) is 75.6 Å². The Kier molecular flexibility index (Phi) is 4.51. The van der Waals surface area contributed by atoms with E-state index >= 15 is 0 Å². The Morgan fingerprint density at radius 1 is 1.47 bits per heavy atom. The lowest BCUT2D eigenvalue weighted by atomic mass is 10.1. The molecule has 5 nitrogen and oxygen atoms in total. The van der Waals surface area contributed by atoms with Crippen LogP contribution in [0.1, 0.15) is 23.7 Å². The molecule has 1 atom stereocenters. The Bertz CT molecular complexity index is 417. The summed E-state index contributed by atoms with van der Waals surface area (Å²) in [5.41, 5.74) is 0.446. The van der Waals surface area contributed by atoms with Gasteiger partial charge < -0.3 is 15.2 Å². The summed E-state index contributed by atoms with van der Waals surface area (Å²) >= 11 is 0.